The molecule has 0 radical (unpaired) electrons. The molecule has 1 atom stereocenters. The summed E-state index contributed by atoms with van der Waals surface area (Å²) in [5.41, 5.74) is 2.25. The molecule has 5 nitrogen and oxygen atoms in total. The number of rotatable bonds is 5. The van der Waals surface area contributed by atoms with Crippen LogP contribution in [0.1, 0.15) is 24.0 Å². The fraction of sp³-hybridized carbons (Fsp3) is 0.588. The zero-order valence-electron chi connectivity index (χ0n) is 12.8. The molecule has 1 fully saturated rings. The number of nitrogens with zero attached hydrogens (tertiary/aromatic N) is 1. The Bertz CT molecular complexity index is 531. The Kier molecular flexibility index (Phi) is 4.95. The second-order valence-corrected chi connectivity index (χ2v) is 5.92. The minimum Gasteiger partial charge on any atom is -0.493 e. The Hall–Kier alpha value is -1.59. The van der Waals surface area contributed by atoms with Gasteiger partial charge in [0, 0.05) is 19.5 Å². The molecule has 0 spiro atoms. The Morgan fingerprint density at radius 3 is 3.23 bits per heavy atom. The molecule has 2 aliphatic heterocycles. The lowest BCUT2D eigenvalue weighted by molar-refractivity contribution is -0.134. The predicted octanol–water partition coefficient (Wildman–Crippen LogP) is 1.16. The molecule has 120 valence electrons. The van der Waals surface area contributed by atoms with Gasteiger partial charge in [-0.05, 0) is 30.0 Å². The highest BCUT2D eigenvalue weighted by Crippen LogP contribution is 2.26. The minimum absolute atomic E-state index is 0.0294. The van der Waals surface area contributed by atoms with Crippen LogP contribution in [0, 0.1) is 0 Å². The Morgan fingerprint density at radius 1 is 1.45 bits per heavy atom. The third-order valence-electron chi connectivity index (χ3n) is 4.28. The van der Waals surface area contributed by atoms with Crippen molar-refractivity contribution in [2.75, 3.05) is 32.9 Å². The molecule has 1 N–H and O–H groups in total. The molecule has 3 rings (SSSR count). The Morgan fingerprint density at radius 2 is 2.36 bits per heavy atom. The van der Waals surface area contributed by atoms with Crippen LogP contribution in [-0.2, 0) is 22.4 Å². The van der Waals surface area contributed by atoms with E-state index in [1.54, 1.807) is 0 Å². The zero-order chi connectivity index (χ0) is 15.4. The summed E-state index contributed by atoms with van der Waals surface area (Å²) in [4.78, 5) is 14.4. The summed E-state index contributed by atoms with van der Waals surface area (Å²) in [5.74, 6) is 1.10. The number of carbonyl (C=O) groups is 1. The van der Waals surface area contributed by atoms with Gasteiger partial charge in [0.05, 0.1) is 32.3 Å². The van der Waals surface area contributed by atoms with Gasteiger partial charge in [0.15, 0.2) is 0 Å². The molecule has 0 bridgehead atoms. The molecular weight excluding hydrogens is 282 g/mol. The van der Waals surface area contributed by atoms with Gasteiger partial charge in [-0.3, -0.25) is 4.79 Å². The third kappa shape index (κ3) is 3.59. The molecule has 1 amide bonds. The number of aliphatic hydroxyl groups excluding tert-OH is 1. The highest BCUT2D eigenvalue weighted by molar-refractivity contribution is 5.79. The van der Waals surface area contributed by atoms with Crippen LogP contribution in [0.5, 0.6) is 5.75 Å². The highest BCUT2D eigenvalue weighted by atomic mass is 16.5. The van der Waals surface area contributed by atoms with Gasteiger partial charge >= 0.3 is 0 Å². The lowest BCUT2D eigenvalue weighted by Gasteiger charge is -2.32. The maximum atomic E-state index is 12.5. The molecule has 2 heterocycles. The number of amides is 1. The average Bonchev–Trinajstić information content (AvgIpc) is 3.01. The number of fused-ring (bicyclic) bond motifs is 1. The van der Waals surface area contributed by atoms with Crippen molar-refractivity contribution in [2.45, 2.75) is 31.8 Å². The van der Waals surface area contributed by atoms with E-state index in [0.29, 0.717) is 19.6 Å². The van der Waals surface area contributed by atoms with E-state index in [2.05, 4.69) is 6.07 Å². The van der Waals surface area contributed by atoms with E-state index in [1.807, 2.05) is 17.0 Å². The number of hydrogen-bond acceptors (Lipinski definition) is 4. The van der Waals surface area contributed by atoms with E-state index in [-0.39, 0.29) is 18.6 Å². The summed E-state index contributed by atoms with van der Waals surface area (Å²) in [6.45, 7) is 2.54. The molecular formula is C17H23NO4. The molecule has 1 aromatic rings. The number of likely N-dealkylation sites (tertiary alicyclic amines) is 1. The number of carbonyl (C=O) groups excluding carboxylic acids is 1. The van der Waals surface area contributed by atoms with E-state index >= 15 is 0 Å². The van der Waals surface area contributed by atoms with Crippen molar-refractivity contribution in [3.63, 3.8) is 0 Å². The van der Waals surface area contributed by atoms with Gasteiger partial charge in [0.2, 0.25) is 5.91 Å². The van der Waals surface area contributed by atoms with Crippen molar-refractivity contribution < 1.29 is 19.4 Å². The summed E-state index contributed by atoms with van der Waals surface area (Å²) in [6.07, 6.45) is 3.33. The Balaban J connectivity index is 1.57. The largest absolute Gasteiger partial charge is 0.493 e. The molecule has 2 aliphatic rings. The maximum Gasteiger partial charge on any atom is 0.227 e. The summed E-state index contributed by atoms with van der Waals surface area (Å²) in [6, 6.07) is 6.03. The molecule has 1 aromatic carbocycles. The fourth-order valence-corrected chi connectivity index (χ4v) is 3.16. The summed E-state index contributed by atoms with van der Waals surface area (Å²) in [7, 11) is 0. The fourth-order valence-electron chi connectivity index (χ4n) is 3.16. The van der Waals surface area contributed by atoms with Gasteiger partial charge in [-0.1, -0.05) is 12.1 Å². The van der Waals surface area contributed by atoms with Crippen LogP contribution in [-0.4, -0.2) is 54.9 Å². The van der Waals surface area contributed by atoms with Crippen molar-refractivity contribution in [2.24, 2.45) is 0 Å². The second-order valence-electron chi connectivity index (χ2n) is 5.92. The smallest absolute Gasteiger partial charge is 0.227 e. The predicted molar refractivity (Wildman–Crippen MR) is 82.0 cm³/mol. The molecule has 1 saturated heterocycles. The summed E-state index contributed by atoms with van der Waals surface area (Å²) >= 11 is 0. The maximum absolute atomic E-state index is 12.5. The van der Waals surface area contributed by atoms with E-state index in [1.165, 1.54) is 5.56 Å². The summed E-state index contributed by atoms with van der Waals surface area (Å²) < 4.78 is 11.1. The second kappa shape index (κ2) is 7.11. The van der Waals surface area contributed by atoms with Crippen LogP contribution in [0.3, 0.4) is 0 Å². The molecule has 0 aliphatic carbocycles. The quantitative estimate of drug-likeness (QED) is 0.887. The van der Waals surface area contributed by atoms with Crippen LogP contribution in [0.2, 0.25) is 0 Å². The van der Waals surface area contributed by atoms with E-state index in [9.17, 15) is 4.79 Å². The Labute approximate surface area is 130 Å². The van der Waals surface area contributed by atoms with Gasteiger partial charge < -0.3 is 19.5 Å². The SMILES string of the molecule is O=C(Cc1ccc2c(c1)CCO2)N1CCCC(OCCO)C1. The van der Waals surface area contributed by atoms with Gasteiger partial charge in [-0.25, -0.2) is 0 Å². The first-order chi connectivity index (χ1) is 10.8. The zero-order valence-corrected chi connectivity index (χ0v) is 12.8. The number of hydrogen-bond donors (Lipinski definition) is 1. The normalized spacial score (nSPS) is 20.6. The first kappa shape index (κ1) is 15.3. The van der Waals surface area contributed by atoms with Crippen molar-refractivity contribution in [3.05, 3.63) is 29.3 Å². The molecule has 22 heavy (non-hydrogen) atoms. The van der Waals surface area contributed by atoms with Gasteiger partial charge in [-0.15, -0.1) is 0 Å². The van der Waals surface area contributed by atoms with Crippen molar-refractivity contribution >= 4 is 5.91 Å². The number of benzene rings is 1. The minimum atomic E-state index is 0.0294. The first-order valence-electron chi connectivity index (χ1n) is 8.01. The molecule has 5 heteroatoms. The molecule has 1 unspecified atom stereocenters. The molecule has 0 aromatic heterocycles. The van der Waals surface area contributed by atoms with Crippen molar-refractivity contribution in [3.8, 4) is 5.75 Å². The first-order valence-corrected chi connectivity index (χ1v) is 8.01. The number of ether oxygens (including phenoxy) is 2. The third-order valence-corrected chi connectivity index (χ3v) is 4.28. The topological polar surface area (TPSA) is 59.0 Å². The number of aliphatic hydroxyl groups is 1. The molecule has 0 saturated carbocycles. The highest BCUT2D eigenvalue weighted by Gasteiger charge is 2.24. The van der Waals surface area contributed by atoms with Crippen LogP contribution in [0.25, 0.3) is 0 Å². The van der Waals surface area contributed by atoms with Crippen LogP contribution < -0.4 is 4.74 Å². The average molecular weight is 305 g/mol. The number of piperidine rings is 1. The van der Waals surface area contributed by atoms with Crippen LogP contribution >= 0.6 is 0 Å². The monoisotopic (exact) mass is 305 g/mol. The lowest BCUT2D eigenvalue weighted by Crippen LogP contribution is -2.44. The summed E-state index contributed by atoms with van der Waals surface area (Å²) in [5, 5.41) is 8.83. The van der Waals surface area contributed by atoms with Crippen molar-refractivity contribution in [1.29, 1.82) is 0 Å². The lowest BCUT2D eigenvalue weighted by atomic mass is 10.0. The van der Waals surface area contributed by atoms with Gasteiger partial charge in [0.1, 0.15) is 5.75 Å². The van der Waals surface area contributed by atoms with Crippen molar-refractivity contribution in [1.82, 2.24) is 4.90 Å². The van der Waals surface area contributed by atoms with Crippen LogP contribution in [0.4, 0.5) is 0 Å². The van der Waals surface area contributed by atoms with Crippen LogP contribution in [0.15, 0.2) is 18.2 Å². The standard InChI is InChI=1S/C17H23NO4/c19-7-9-21-15-2-1-6-18(12-15)17(20)11-13-3-4-16-14(10-13)5-8-22-16/h3-4,10,15,19H,1-2,5-9,11-12H2. The van der Waals surface area contributed by atoms with Gasteiger partial charge in [0.25, 0.3) is 0 Å². The van der Waals surface area contributed by atoms with E-state index in [4.69, 9.17) is 14.6 Å². The van der Waals surface area contributed by atoms with E-state index in [0.717, 1.165) is 43.7 Å². The van der Waals surface area contributed by atoms with E-state index < -0.39 is 0 Å². The van der Waals surface area contributed by atoms with Gasteiger partial charge in [-0.2, -0.15) is 0 Å².